The lowest BCUT2D eigenvalue weighted by molar-refractivity contribution is 0.321. The number of nitroso groups, excluding NO2 is 1. The Labute approximate surface area is 75.4 Å². The second-order valence-electron chi connectivity index (χ2n) is 2.14. The van der Waals surface area contributed by atoms with E-state index >= 15 is 0 Å². The fourth-order valence-electron chi connectivity index (χ4n) is 0.815. The molecule has 0 unspecified atom stereocenters. The van der Waals surface area contributed by atoms with Gasteiger partial charge < -0.3 is 10.2 Å². The Bertz CT molecular complexity index is 472. The van der Waals surface area contributed by atoms with Gasteiger partial charge in [-0.1, -0.05) is 5.16 Å². The van der Waals surface area contributed by atoms with Crippen LogP contribution in [0.5, 0.6) is 0 Å². The van der Waals surface area contributed by atoms with E-state index in [1.165, 1.54) is 0 Å². The van der Waals surface area contributed by atoms with Crippen molar-refractivity contribution in [1.29, 1.82) is 0 Å². The van der Waals surface area contributed by atoms with Crippen molar-refractivity contribution in [3.8, 4) is 0 Å². The molecule has 0 aliphatic carbocycles. The zero-order valence-corrected chi connectivity index (χ0v) is 6.64. The summed E-state index contributed by atoms with van der Waals surface area (Å²) >= 11 is 0. The second kappa shape index (κ2) is 3.98. The second-order valence-corrected chi connectivity index (χ2v) is 2.14. The van der Waals surface area contributed by atoms with Crippen LogP contribution in [0.4, 0.5) is 5.69 Å². The van der Waals surface area contributed by atoms with Crippen molar-refractivity contribution < 1.29 is 5.21 Å². The van der Waals surface area contributed by atoms with Gasteiger partial charge in [0, 0.05) is 0 Å². The summed E-state index contributed by atoms with van der Waals surface area (Å²) in [7, 11) is 0. The third-order valence-corrected chi connectivity index (χ3v) is 1.32. The number of rotatable bonds is 3. The third-order valence-electron chi connectivity index (χ3n) is 1.32. The molecule has 9 heteroatoms. The van der Waals surface area contributed by atoms with Gasteiger partial charge in [0.1, 0.15) is 5.69 Å². The van der Waals surface area contributed by atoms with Crippen LogP contribution in [0.3, 0.4) is 0 Å². The van der Waals surface area contributed by atoms with Gasteiger partial charge in [0.25, 0.3) is 5.56 Å². The number of nitrogens with one attached hydrogen (secondary N) is 3. The van der Waals surface area contributed by atoms with Crippen molar-refractivity contribution >= 4 is 11.9 Å². The van der Waals surface area contributed by atoms with Crippen molar-refractivity contribution in [1.82, 2.24) is 9.97 Å². The highest BCUT2D eigenvalue weighted by atomic mass is 16.4. The summed E-state index contributed by atoms with van der Waals surface area (Å²) < 4.78 is 0. The van der Waals surface area contributed by atoms with E-state index in [1.54, 1.807) is 0 Å². The molecule has 0 aliphatic rings. The number of H-pyrrole nitrogens is 2. The Hall–Kier alpha value is -2.45. The molecule has 0 bridgehead atoms. The molecule has 1 rings (SSSR count). The molecule has 1 aromatic heterocycles. The van der Waals surface area contributed by atoms with Gasteiger partial charge in [0.2, 0.25) is 0 Å². The summed E-state index contributed by atoms with van der Waals surface area (Å²) in [5, 5.41) is 13.0. The molecule has 0 aromatic carbocycles. The molecule has 0 amide bonds. The third kappa shape index (κ3) is 1.83. The molecule has 14 heavy (non-hydrogen) atoms. The van der Waals surface area contributed by atoms with Crippen LogP contribution in [0.1, 0.15) is 5.69 Å². The number of nitrogens with zero attached hydrogens (tertiary/aromatic N) is 2. The Balaban J connectivity index is 3.43. The monoisotopic (exact) mass is 199 g/mol. The summed E-state index contributed by atoms with van der Waals surface area (Å²) in [4.78, 5) is 35.6. The lowest BCUT2D eigenvalue weighted by atomic mass is 10.4. The van der Waals surface area contributed by atoms with Gasteiger partial charge in [-0.15, -0.1) is 4.91 Å². The topological polar surface area (TPSA) is 140 Å². The standard InChI is InChI=1S/C5H5N5O4/c11-4-3(9-10-14)2(1-6-13)7-5(12)8-4/h1,13H,(H,9,14)(H2,7,8,11,12)/b6-1-. The number of aromatic amines is 2. The van der Waals surface area contributed by atoms with E-state index in [4.69, 9.17) is 5.21 Å². The van der Waals surface area contributed by atoms with Crippen LogP contribution in [0, 0.1) is 4.91 Å². The average molecular weight is 199 g/mol. The van der Waals surface area contributed by atoms with Crippen molar-refractivity contribution in [2.24, 2.45) is 10.4 Å². The van der Waals surface area contributed by atoms with Crippen LogP contribution in [0.25, 0.3) is 0 Å². The summed E-state index contributed by atoms with van der Waals surface area (Å²) in [6.45, 7) is 0. The molecular weight excluding hydrogens is 194 g/mol. The minimum Gasteiger partial charge on any atom is -0.411 e. The van der Waals surface area contributed by atoms with Gasteiger partial charge in [-0.3, -0.25) is 9.78 Å². The number of anilines is 1. The van der Waals surface area contributed by atoms with Gasteiger partial charge in [-0.2, -0.15) is 0 Å². The Morgan fingerprint density at radius 2 is 2.07 bits per heavy atom. The molecule has 0 saturated carbocycles. The smallest absolute Gasteiger partial charge is 0.326 e. The molecule has 1 heterocycles. The van der Waals surface area contributed by atoms with Crippen LogP contribution in [0.2, 0.25) is 0 Å². The van der Waals surface area contributed by atoms with E-state index in [1.807, 2.05) is 10.4 Å². The fourth-order valence-corrected chi connectivity index (χ4v) is 0.815. The first-order chi connectivity index (χ1) is 6.69. The summed E-state index contributed by atoms with van der Waals surface area (Å²) in [6, 6.07) is 0. The maximum absolute atomic E-state index is 11.0. The number of aromatic nitrogens is 2. The van der Waals surface area contributed by atoms with Crippen molar-refractivity contribution in [2.45, 2.75) is 0 Å². The normalized spacial score (nSPS) is 10.3. The number of hydrogen-bond acceptors (Lipinski definition) is 6. The van der Waals surface area contributed by atoms with Crippen LogP contribution >= 0.6 is 0 Å². The number of oxime groups is 1. The molecule has 0 aliphatic heterocycles. The summed E-state index contributed by atoms with van der Waals surface area (Å²) in [5.41, 5.74) is -0.285. The van der Waals surface area contributed by atoms with E-state index in [0.29, 0.717) is 0 Å². The molecule has 0 atom stereocenters. The van der Waals surface area contributed by atoms with Crippen LogP contribution in [0.15, 0.2) is 20.0 Å². The van der Waals surface area contributed by atoms with E-state index in [-0.39, 0.29) is 11.4 Å². The van der Waals surface area contributed by atoms with Crippen LogP contribution in [-0.2, 0) is 0 Å². The first-order valence-electron chi connectivity index (χ1n) is 3.31. The molecular formula is C5H5N5O4. The van der Waals surface area contributed by atoms with E-state index in [2.05, 4.69) is 15.4 Å². The Morgan fingerprint density at radius 3 is 2.64 bits per heavy atom. The van der Waals surface area contributed by atoms with E-state index in [9.17, 15) is 14.5 Å². The van der Waals surface area contributed by atoms with Crippen LogP contribution < -0.4 is 16.7 Å². The predicted octanol–water partition coefficient (Wildman–Crippen LogP) is -1.04. The van der Waals surface area contributed by atoms with E-state index < -0.39 is 11.2 Å². The van der Waals surface area contributed by atoms with Gasteiger partial charge in [0.05, 0.1) is 17.2 Å². The molecule has 0 saturated heterocycles. The van der Waals surface area contributed by atoms with Gasteiger partial charge in [-0.05, 0) is 0 Å². The predicted molar refractivity (Wildman–Crippen MR) is 46.5 cm³/mol. The Morgan fingerprint density at radius 1 is 1.36 bits per heavy atom. The summed E-state index contributed by atoms with van der Waals surface area (Å²) in [5.74, 6) is 0. The number of hydrogen-bond donors (Lipinski definition) is 4. The summed E-state index contributed by atoms with van der Waals surface area (Å²) in [6.07, 6.45) is 0.782. The quantitative estimate of drug-likeness (QED) is 0.213. The van der Waals surface area contributed by atoms with Crippen molar-refractivity contribution in [3.05, 3.63) is 31.4 Å². The SMILES string of the molecule is O=NNc1c(/C=N\O)[nH]c(=O)[nH]c1=O. The van der Waals surface area contributed by atoms with Gasteiger partial charge in [-0.25, -0.2) is 10.2 Å². The van der Waals surface area contributed by atoms with Gasteiger partial charge in [0.15, 0.2) is 0 Å². The molecule has 0 radical (unpaired) electrons. The largest absolute Gasteiger partial charge is 0.411 e. The highest BCUT2D eigenvalue weighted by Gasteiger charge is 2.06. The minimum absolute atomic E-state index is 0.152. The van der Waals surface area contributed by atoms with Gasteiger partial charge >= 0.3 is 5.69 Å². The molecule has 74 valence electrons. The Kier molecular flexibility index (Phi) is 2.74. The van der Waals surface area contributed by atoms with E-state index in [0.717, 1.165) is 6.21 Å². The lowest BCUT2D eigenvalue weighted by Crippen LogP contribution is -2.26. The molecule has 1 aromatic rings. The minimum atomic E-state index is -0.844. The highest BCUT2D eigenvalue weighted by molar-refractivity contribution is 5.83. The first kappa shape index (κ1) is 9.64. The molecule has 4 N–H and O–H groups in total. The average Bonchev–Trinajstić information content (AvgIpc) is 2.11. The maximum Gasteiger partial charge on any atom is 0.326 e. The van der Waals surface area contributed by atoms with Crippen LogP contribution in [-0.4, -0.2) is 21.4 Å². The zero-order valence-electron chi connectivity index (χ0n) is 6.64. The van der Waals surface area contributed by atoms with Crippen molar-refractivity contribution in [3.63, 3.8) is 0 Å². The molecule has 9 nitrogen and oxygen atoms in total. The van der Waals surface area contributed by atoms with Crippen molar-refractivity contribution in [2.75, 3.05) is 5.43 Å². The first-order valence-corrected chi connectivity index (χ1v) is 3.31. The lowest BCUT2D eigenvalue weighted by Gasteiger charge is -1.98. The maximum atomic E-state index is 11.0. The molecule has 0 spiro atoms. The molecule has 0 fully saturated rings. The fraction of sp³-hybridized carbons (Fsp3) is 0. The highest BCUT2D eigenvalue weighted by Crippen LogP contribution is 2.00. The zero-order chi connectivity index (χ0) is 10.6.